The number of hydrogen-bond acceptors (Lipinski definition) is 4. The third kappa shape index (κ3) is 5.71. The summed E-state index contributed by atoms with van der Waals surface area (Å²) in [5, 5.41) is 3.16. The molecule has 0 aromatic heterocycles. The average Bonchev–Trinajstić information content (AvgIpc) is 2.41. The number of alkyl halides is 2. The molecular weight excluding hydrogens is 268 g/mol. The van der Waals surface area contributed by atoms with E-state index in [1.54, 1.807) is 32.2 Å². The van der Waals surface area contributed by atoms with Gasteiger partial charge in [0, 0.05) is 25.8 Å². The minimum Gasteiger partial charge on any atom is -0.490 e. The zero-order chi connectivity index (χ0) is 14.8. The van der Waals surface area contributed by atoms with Gasteiger partial charge < -0.3 is 19.5 Å². The number of benzene rings is 1. The number of halogens is 2. The highest BCUT2D eigenvalue weighted by atomic mass is 19.3. The number of hydrogen-bond donors (Lipinski definition) is 1. The lowest BCUT2D eigenvalue weighted by atomic mass is 10.2. The molecule has 114 valence electrons. The van der Waals surface area contributed by atoms with Crippen molar-refractivity contribution in [3.8, 4) is 11.5 Å². The maximum atomic E-state index is 12.5. The van der Waals surface area contributed by atoms with Gasteiger partial charge in [-0.1, -0.05) is 12.1 Å². The molecule has 0 aliphatic heterocycles. The van der Waals surface area contributed by atoms with Gasteiger partial charge in [-0.15, -0.1) is 0 Å². The van der Waals surface area contributed by atoms with E-state index in [-0.39, 0.29) is 5.75 Å². The predicted molar refractivity (Wildman–Crippen MR) is 72.4 cm³/mol. The number of nitrogens with one attached hydrogen (secondary N) is 1. The SMILES string of the molecule is CCOc1cccc(CNCCCOC)c1OC(F)F. The number of rotatable bonds is 10. The zero-order valence-corrected chi connectivity index (χ0v) is 11.8. The van der Waals surface area contributed by atoms with E-state index in [0.29, 0.717) is 31.1 Å². The summed E-state index contributed by atoms with van der Waals surface area (Å²) in [5.41, 5.74) is 0.647. The van der Waals surface area contributed by atoms with Gasteiger partial charge in [0.2, 0.25) is 0 Å². The molecule has 0 heterocycles. The molecule has 1 aromatic carbocycles. The lowest BCUT2D eigenvalue weighted by molar-refractivity contribution is -0.0521. The van der Waals surface area contributed by atoms with Crippen molar-refractivity contribution in [1.29, 1.82) is 0 Å². The Bertz CT molecular complexity index is 389. The molecule has 0 fully saturated rings. The van der Waals surface area contributed by atoms with E-state index in [0.717, 1.165) is 13.0 Å². The summed E-state index contributed by atoms with van der Waals surface area (Å²) in [6.45, 7) is 1.15. The Balaban J connectivity index is 2.69. The molecule has 0 amide bonds. The van der Waals surface area contributed by atoms with Crippen LogP contribution in [0.25, 0.3) is 0 Å². The molecule has 1 N–H and O–H groups in total. The van der Waals surface area contributed by atoms with Gasteiger partial charge in [0.15, 0.2) is 11.5 Å². The van der Waals surface area contributed by atoms with E-state index in [2.05, 4.69) is 10.1 Å². The molecule has 0 radical (unpaired) electrons. The third-order valence-corrected chi connectivity index (χ3v) is 2.58. The van der Waals surface area contributed by atoms with Gasteiger partial charge in [-0.25, -0.2) is 0 Å². The van der Waals surface area contributed by atoms with Crippen LogP contribution in [0.15, 0.2) is 18.2 Å². The summed E-state index contributed by atoms with van der Waals surface area (Å²) in [7, 11) is 1.64. The summed E-state index contributed by atoms with van der Waals surface area (Å²) in [5.74, 6) is 0.438. The Morgan fingerprint density at radius 1 is 1.30 bits per heavy atom. The molecule has 6 heteroatoms. The third-order valence-electron chi connectivity index (χ3n) is 2.58. The van der Waals surface area contributed by atoms with Crippen LogP contribution >= 0.6 is 0 Å². The first kappa shape index (κ1) is 16.7. The van der Waals surface area contributed by atoms with E-state index in [4.69, 9.17) is 9.47 Å². The van der Waals surface area contributed by atoms with Gasteiger partial charge in [-0.2, -0.15) is 8.78 Å². The van der Waals surface area contributed by atoms with Crippen LogP contribution in [0.5, 0.6) is 11.5 Å². The number of para-hydroxylation sites is 1. The molecule has 0 atom stereocenters. The minimum atomic E-state index is -2.87. The second kappa shape index (κ2) is 9.50. The molecule has 1 rings (SSSR count). The minimum absolute atomic E-state index is 0.101. The first-order valence-electron chi connectivity index (χ1n) is 6.58. The highest BCUT2D eigenvalue weighted by molar-refractivity contribution is 5.46. The molecule has 4 nitrogen and oxygen atoms in total. The maximum Gasteiger partial charge on any atom is 0.387 e. The van der Waals surface area contributed by atoms with Gasteiger partial charge >= 0.3 is 6.61 Å². The van der Waals surface area contributed by atoms with E-state index in [1.165, 1.54) is 0 Å². The second-order valence-electron chi connectivity index (χ2n) is 4.08. The second-order valence-corrected chi connectivity index (χ2v) is 4.08. The number of ether oxygens (including phenoxy) is 3. The molecule has 0 saturated heterocycles. The highest BCUT2D eigenvalue weighted by Gasteiger charge is 2.15. The Morgan fingerprint density at radius 3 is 2.75 bits per heavy atom. The van der Waals surface area contributed by atoms with Crippen molar-refractivity contribution in [2.45, 2.75) is 26.5 Å². The van der Waals surface area contributed by atoms with E-state index in [9.17, 15) is 8.78 Å². The molecule has 0 aliphatic carbocycles. The van der Waals surface area contributed by atoms with Gasteiger partial charge in [0.1, 0.15) is 0 Å². The molecule has 0 saturated carbocycles. The van der Waals surface area contributed by atoms with Crippen LogP contribution in [0.3, 0.4) is 0 Å². The Labute approximate surface area is 118 Å². The standard InChI is InChI=1S/C14H21F2NO3/c1-3-19-12-7-4-6-11(13(12)20-14(15)16)10-17-8-5-9-18-2/h4,6-7,14,17H,3,5,8-10H2,1-2H3. The molecule has 0 unspecified atom stereocenters. The first-order valence-corrected chi connectivity index (χ1v) is 6.58. The lowest BCUT2D eigenvalue weighted by Crippen LogP contribution is -2.17. The van der Waals surface area contributed by atoms with Crippen molar-refractivity contribution in [1.82, 2.24) is 5.32 Å². The van der Waals surface area contributed by atoms with E-state index < -0.39 is 6.61 Å². The van der Waals surface area contributed by atoms with Crippen LogP contribution in [-0.4, -0.2) is 33.5 Å². The van der Waals surface area contributed by atoms with Crippen LogP contribution in [0, 0.1) is 0 Å². The largest absolute Gasteiger partial charge is 0.490 e. The molecule has 1 aromatic rings. The van der Waals surface area contributed by atoms with Gasteiger partial charge in [-0.05, 0) is 26.0 Å². The van der Waals surface area contributed by atoms with Gasteiger partial charge in [-0.3, -0.25) is 0 Å². The fourth-order valence-corrected chi connectivity index (χ4v) is 1.76. The van der Waals surface area contributed by atoms with Crippen LogP contribution < -0.4 is 14.8 Å². The Kier molecular flexibility index (Phi) is 7.91. The van der Waals surface area contributed by atoms with Crippen molar-refractivity contribution in [3.05, 3.63) is 23.8 Å². The van der Waals surface area contributed by atoms with Crippen molar-refractivity contribution >= 4 is 0 Å². The Hall–Kier alpha value is -1.40. The molecule has 0 spiro atoms. The van der Waals surface area contributed by atoms with Crippen LogP contribution in [0.2, 0.25) is 0 Å². The topological polar surface area (TPSA) is 39.7 Å². The maximum absolute atomic E-state index is 12.5. The molecule has 0 bridgehead atoms. The quantitative estimate of drug-likeness (QED) is 0.672. The summed E-state index contributed by atoms with van der Waals surface area (Å²) in [4.78, 5) is 0. The summed E-state index contributed by atoms with van der Waals surface area (Å²) >= 11 is 0. The summed E-state index contributed by atoms with van der Waals surface area (Å²) in [6.07, 6.45) is 0.854. The van der Waals surface area contributed by atoms with Crippen LogP contribution in [0.1, 0.15) is 18.9 Å². The van der Waals surface area contributed by atoms with Crippen LogP contribution in [-0.2, 0) is 11.3 Å². The average molecular weight is 289 g/mol. The summed E-state index contributed by atoms with van der Waals surface area (Å²) < 4.78 is 39.8. The fourth-order valence-electron chi connectivity index (χ4n) is 1.76. The first-order chi connectivity index (χ1) is 9.69. The number of methoxy groups -OCH3 is 1. The van der Waals surface area contributed by atoms with Gasteiger partial charge in [0.05, 0.1) is 6.61 Å². The molecule has 20 heavy (non-hydrogen) atoms. The highest BCUT2D eigenvalue weighted by Crippen LogP contribution is 2.32. The predicted octanol–water partition coefficient (Wildman–Crippen LogP) is 2.81. The van der Waals surface area contributed by atoms with Gasteiger partial charge in [0.25, 0.3) is 0 Å². The van der Waals surface area contributed by atoms with Crippen molar-refractivity contribution in [2.24, 2.45) is 0 Å². The lowest BCUT2D eigenvalue weighted by Gasteiger charge is -2.15. The smallest absolute Gasteiger partial charge is 0.387 e. The molecular formula is C14H21F2NO3. The van der Waals surface area contributed by atoms with Crippen LogP contribution in [0.4, 0.5) is 8.78 Å². The summed E-state index contributed by atoms with van der Waals surface area (Å²) in [6, 6.07) is 5.12. The Morgan fingerprint density at radius 2 is 2.10 bits per heavy atom. The van der Waals surface area contributed by atoms with E-state index >= 15 is 0 Å². The monoisotopic (exact) mass is 289 g/mol. The normalized spacial score (nSPS) is 10.8. The fraction of sp³-hybridized carbons (Fsp3) is 0.571. The van der Waals surface area contributed by atoms with Crippen molar-refractivity contribution in [3.63, 3.8) is 0 Å². The van der Waals surface area contributed by atoms with Crippen molar-refractivity contribution in [2.75, 3.05) is 26.9 Å². The van der Waals surface area contributed by atoms with Crippen molar-refractivity contribution < 1.29 is 23.0 Å². The molecule has 0 aliphatic rings. The van der Waals surface area contributed by atoms with E-state index in [1.807, 2.05) is 0 Å². The zero-order valence-electron chi connectivity index (χ0n) is 11.8.